The highest BCUT2D eigenvalue weighted by Crippen LogP contribution is 2.51. The lowest BCUT2D eigenvalue weighted by molar-refractivity contribution is -0.121. The van der Waals surface area contributed by atoms with E-state index in [4.69, 9.17) is 9.47 Å². The molecule has 0 radical (unpaired) electrons. The number of nitrogens with one attached hydrogen (secondary N) is 2. The van der Waals surface area contributed by atoms with E-state index in [1.54, 1.807) is 0 Å². The molecule has 0 bridgehead atoms. The predicted molar refractivity (Wildman–Crippen MR) is 122 cm³/mol. The highest BCUT2D eigenvalue weighted by atomic mass is 16.7. The highest BCUT2D eigenvalue weighted by Gasteiger charge is 2.50. The zero-order valence-electron chi connectivity index (χ0n) is 18.7. The summed E-state index contributed by atoms with van der Waals surface area (Å²) in [6.07, 6.45) is 2.15. The van der Waals surface area contributed by atoms with Crippen LogP contribution in [0.4, 0.5) is 0 Å². The second kappa shape index (κ2) is 7.40. The Morgan fingerprint density at radius 1 is 1.06 bits per heavy atom. The van der Waals surface area contributed by atoms with Gasteiger partial charge in [0.15, 0.2) is 11.5 Å². The molecule has 1 fully saturated rings. The van der Waals surface area contributed by atoms with Gasteiger partial charge in [-0.1, -0.05) is 26.0 Å². The second-order valence-electron chi connectivity index (χ2n) is 9.65. The molecule has 5 rings (SSSR count). The largest absolute Gasteiger partial charge is 0.454 e. The molecule has 3 aromatic rings. The molecule has 6 nitrogen and oxygen atoms in total. The molecular weight excluding hydrogens is 404 g/mol. The zero-order valence-corrected chi connectivity index (χ0v) is 18.7. The van der Waals surface area contributed by atoms with Gasteiger partial charge in [0.25, 0.3) is 0 Å². The van der Waals surface area contributed by atoms with E-state index in [2.05, 4.69) is 36.3 Å². The number of benzene rings is 2. The molecule has 0 spiro atoms. The van der Waals surface area contributed by atoms with Gasteiger partial charge >= 0.3 is 0 Å². The van der Waals surface area contributed by atoms with E-state index in [-0.39, 0.29) is 23.9 Å². The Morgan fingerprint density at radius 2 is 1.84 bits per heavy atom. The summed E-state index contributed by atoms with van der Waals surface area (Å²) in [5.74, 6) is 1.68. The Balaban J connectivity index is 1.35. The van der Waals surface area contributed by atoms with Crippen molar-refractivity contribution < 1.29 is 19.1 Å². The molecular formula is C26H28N2O4. The van der Waals surface area contributed by atoms with Crippen molar-refractivity contribution in [3.8, 4) is 11.5 Å². The number of rotatable bonds is 7. The number of amides is 1. The fraction of sp³-hybridized carbons (Fsp3) is 0.385. The van der Waals surface area contributed by atoms with E-state index in [1.165, 1.54) is 6.92 Å². The molecule has 6 heteroatoms. The van der Waals surface area contributed by atoms with Gasteiger partial charge < -0.3 is 19.8 Å². The molecule has 1 aliphatic heterocycles. The van der Waals surface area contributed by atoms with Crippen LogP contribution in [-0.2, 0) is 26.8 Å². The van der Waals surface area contributed by atoms with Crippen LogP contribution >= 0.6 is 0 Å². The zero-order chi connectivity index (χ0) is 22.5. The summed E-state index contributed by atoms with van der Waals surface area (Å²) in [7, 11) is 0. The summed E-state index contributed by atoms with van der Waals surface area (Å²) in [6.45, 7) is 6.51. The third-order valence-electron chi connectivity index (χ3n) is 6.77. The normalized spacial score (nSPS) is 16.2. The van der Waals surface area contributed by atoms with E-state index < -0.39 is 5.41 Å². The SMILES string of the molecule is CC(=O)NCC(C)(C)c1cc2cc(CC(=O)C3(c4ccc5c(c4)OCO5)CC3)ccc2[nH]1. The van der Waals surface area contributed by atoms with Gasteiger partial charge in [-0.05, 0) is 59.7 Å². The van der Waals surface area contributed by atoms with Crippen LogP contribution in [0.15, 0.2) is 42.5 Å². The number of aromatic amines is 1. The van der Waals surface area contributed by atoms with Gasteiger partial charge in [-0.2, -0.15) is 0 Å². The molecule has 2 heterocycles. The monoisotopic (exact) mass is 432 g/mol. The Morgan fingerprint density at radius 3 is 2.59 bits per heavy atom. The number of fused-ring (bicyclic) bond motifs is 2. The van der Waals surface area contributed by atoms with Crippen LogP contribution in [0.5, 0.6) is 11.5 Å². The number of carbonyl (C=O) groups excluding carboxylic acids is 2. The maximum absolute atomic E-state index is 13.3. The van der Waals surface area contributed by atoms with Gasteiger partial charge in [0.2, 0.25) is 12.7 Å². The maximum Gasteiger partial charge on any atom is 0.231 e. The van der Waals surface area contributed by atoms with Crippen LogP contribution in [0.25, 0.3) is 10.9 Å². The van der Waals surface area contributed by atoms with Crippen LogP contribution in [0.3, 0.4) is 0 Å². The van der Waals surface area contributed by atoms with Crippen molar-refractivity contribution in [1.29, 1.82) is 0 Å². The Labute approximate surface area is 187 Å². The third kappa shape index (κ3) is 3.64. The average Bonchev–Trinajstić information content (AvgIpc) is 3.24. The van der Waals surface area contributed by atoms with Crippen LogP contribution in [0.1, 0.15) is 50.4 Å². The van der Waals surface area contributed by atoms with Crippen molar-refractivity contribution in [3.05, 3.63) is 59.3 Å². The Kier molecular flexibility index (Phi) is 4.77. The second-order valence-corrected chi connectivity index (χ2v) is 9.65. The quantitative estimate of drug-likeness (QED) is 0.588. The summed E-state index contributed by atoms with van der Waals surface area (Å²) in [6, 6.07) is 14.1. The van der Waals surface area contributed by atoms with Gasteiger partial charge in [0.05, 0.1) is 5.41 Å². The van der Waals surface area contributed by atoms with Gasteiger partial charge in [-0.15, -0.1) is 0 Å². The smallest absolute Gasteiger partial charge is 0.231 e. The lowest BCUT2D eigenvalue weighted by Crippen LogP contribution is -2.35. The number of carbonyl (C=O) groups is 2. The molecule has 0 atom stereocenters. The van der Waals surface area contributed by atoms with E-state index in [1.807, 2.05) is 30.3 Å². The average molecular weight is 433 g/mol. The fourth-order valence-corrected chi connectivity index (χ4v) is 4.50. The minimum atomic E-state index is -0.403. The Bertz CT molecular complexity index is 1220. The van der Waals surface area contributed by atoms with Crippen molar-refractivity contribution in [2.75, 3.05) is 13.3 Å². The van der Waals surface area contributed by atoms with E-state index in [0.717, 1.165) is 52.1 Å². The standard InChI is InChI=1S/C26H28N2O4/c1-16(29)27-14-25(2,3)23-12-18-10-17(4-6-20(18)28-23)11-24(30)26(8-9-26)19-5-7-21-22(13-19)32-15-31-21/h4-7,10,12-13,28H,8-9,11,14-15H2,1-3H3,(H,27,29). The molecule has 2 aromatic carbocycles. The van der Waals surface area contributed by atoms with Crippen molar-refractivity contribution in [2.45, 2.75) is 50.9 Å². The van der Waals surface area contributed by atoms with Gasteiger partial charge in [0.1, 0.15) is 5.78 Å². The molecule has 32 heavy (non-hydrogen) atoms. The first-order valence-electron chi connectivity index (χ1n) is 11.1. The van der Waals surface area contributed by atoms with Crippen LogP contribution in [0.2, 0.25) is 0 Å². The Hall–Kier alpha value is -3.28. The van der Waals surface area contributed by atoms with Gasteiger partial charge in [-0.3, -0.25) is 9.59 Å². The number of ether oxygens (including phenoxy) is 2. The molecule has 0 saturated heterocycles. The summed E-state index contributed by atoms with van der Waals surface area (Å²) in [5.41, 5.74) is 3.50. The lowest BCUT2D eigenvalue weighted by atomic mass is 9.87. The minimum Gasteiger partial charge on any atom is -0.454 e. The predicted octanol–water partition coefficient (Wildman–Crippen LogP) is 4.15. The van der Waals surface area contributed by atoms with Crippen molar-refractivity contribution in [2.24, 2.45) is 0 Å². The van der Waals surface area contributed by atoms with E-state index >= 15 is 0 Å². The maximum atomic E-state index is 13.3. The molecule has 1 aromatic heterocycles. The topological polar surface area (TPSA) is 80.4 Å². The molecule has 2 N–H and O–H groups in total. The fourth-order valence-electron chi connectivity index (χ4n) is 4.50. The number of H-pyrrole nitrogens is 1. The van der Waals surface area contributed by atoms with Crippen LogP contribution in [0, 0.1) is 0 Å². The van der Waals surface area contributed by atoms with Crippen LogP contribution in [-0.4, -0.2) is 30.0 Å². The lowest BCUT2D eigenvalue weighted by Gasteiger charge is -2.23. The first-order chi connectivity index (χ1) is 15.3. The number of hydrogen-bond donors (Lipinski definition) is 2. The van der Waals surface area contributed by atoms with Crippen LogP contribution < -0.4 is 14.8 Å². The van der Waals surface area contributed by atoms with Crippen molar-refractivity contribution in [3.63, 3.8) is 0 Å². The molecule has 1 aliphatic carbocycles. The molecule has 1 saturated carbocycles. The third-order valence-corrected chi connectivity index (χ3v) is 6.77. The number of hydrogen-bond acceptors (Lipinski definition) is 4. The molecule has 1 amide bonds. The first-order valence-corrected chi connectivity index (χ1v) is 11.1. The number of Topliss-reactive ketones (excluding diaryl/α,β-unsaturated/α-hetero) is 1. The van der Waals surface area contributed by atoms with Gasteiger partial charge in [0, 0.05) is 36.5 Å². The first kappa shape index (κ1) is 20.6. The van der Waals surface area contributed by atoms with E-state index in [0.29, 0.717) is 13.0 Å². The molecule has 0 unspecified atom stereocenters. The van der Waals surface area contributed by atoms with Gasteiger partial charge in [-0.25, -0.2) is 0 Å². The summed E-state index contributed by atoms with van der Waals surface area (Å²) in [5, 5.41) is 3.98. The highest BCUT2D eigenvalue weighted by molar-refractivity contribution is 5.95. The summed E-state index contributed by atoms with van der Waals surface area (Å²) >= 11 is 0. The molecule has 2 aliphatic rings. The number of aromatic nitrogens is 1. The molecule has 166 valence electrons. The summed E-state index contributed by atoms with van der Waals surface area (Å²) < 4.78 is 10.9. The minimum absolute atomic E-state index is 0.0357. The summed E-state index contributed by atoms with van der Waals surface area (Å²) in [4.78, 5) is 28.1. The number of ketones is 1. The van der Waals surface area contributed by atoms with Crippen molar-refractivity contribution in [1.82, 2.24) is 10.3 Å². The van der Waals surface area contributed by atoms with E-state index in [9.17, 15) is 9.59 Å². The van der Waals surface area contributed by atoms with Crippen molar-refractivity contribution >= 4 is 22.6 Å².